The molecule has 3 aromatic rings. The second-order valence-corrected chi connectivity index (χ2v) is 7.70. The molecule has 1 aliphatic rings. The molecule has 0 saturated carbocycles. The number of fused-ring (bicyclic) bond motifs is 1. The van der Waals surface area contributed by atoms with Crippen LogP contribution in [0.1, 0.15) is 41.5 Å². The fraction of sp³-hybridized carbons (Fsp3) is 0.421. The summed E-state index contributed by atoms with van der Waals surface area (Å²) in [7, 11) is 0. The van der Waals surface area contributed by atoms with Crippen LogP contribution in [0.5, 0.6) is 0 Å². The molecule has 27 heavy (non-hydrogen) atoms. The number of nitrogens with one attached hydrogen (secondary N) is 1. The maximum atomic E-state index is 12.8. The molecule has 142 valence electrons. The molecule has 7 nitrogen and oxygen atoms in total. The standard InChI is InChI=1S/C19H23N5O2S/c25-19(20-12-18-22-21-17-8-2-1-3-9-24(17)18)23(13-15-6-4-10-26-15)14-16-7-5-11-27-16/h4-7,10-11H,1-3,8-9,12-14H2,(H,20,25). The van der Waals surface area contributed by atoms with Crippen molar-refractivity contribution in [2.45, 2.75) is 51.9 Å². The van der Waals surface area contributed by atoms with Crippen LogP contribution in [0.25, 0.3) is 0 Å². The Morgan fingerprint density at radius 1 is 1.22 bits per heavy atom. The van der Waals surface area contributed by atoms with E-state index in [2.05, 4.69) is 20.1 Å². The zero-order valence-corrected chi connectivity index (χ0v) is 16.0. The fourth-order valence-electron chi connectivity index (χ4n) is 3.32. The lowest BCUT2D eigenvalue weighted by molar-refractivity contribution is 0.187. The molecular formula is C19H23N5O2S. The molecule has 4 rings (SSSR count). The Morgan fingerprint density at radius 2 is 2.19 bits per heavy atom. The summed E-state index contributed by atoms with van der Waals surface area (Å²) in [6, 6.07) is 7.61. The van der Waals surface area contributed by atoms with Gasteiger partial charge in [-0.25, -0.2) is 4.79 Å². The summed E-state index contributed by atoms with van der Waals surface area (Å²) in [6.07, 6.45) is 6.09. The third kappa shape index (κ3) is 4.39. The predicted octanol–water partition coefficient (Wildman–Crippen LogP) is 3.57. The molecule has 0 atom stereocenters. The number of urea groups is 1. The average Bonchev–Trinajstić information content (AvgIpc) is 3.41. The number of carbonyl (C=O) groups is 1. The molecule has 3 aromatic heterocycles. The summed E-state index contributed by atoms with van der Waals surface area (Å²) < 4.78 is 7.58. The van der Waals surface area contributed by atoms with Gasteiger partial charge in [0.25, 0.3) is 0 Å². The van der Waals surface area contributed by atoms with E-state index >= 15 is 0 Å². The van der Waals surface area contributed by atoms with Gasteiger partial charge in [0.1, 0.15) is 11.6 Å². The van der Waals surface area contributed by atoms with Gasteiger partial charge in [0.05, 0.1) is 25.9 Å². The summed E-state index contributed by atoms with van der Waals surface area (Å²) in [5, 5.41) is 13.6. The van der Waals surface area contributed by atoms with Crippen molar-refractivity contribution < 1.29 is 9.21 Å². The number of hydrogen-bond donors (Lipinski definition) is 1. The highest BCUT2D eigenvalue weighted by Gasteiger charge is 2.19. The zero-order valence-electron chi connectivity index (χ0n) is 15.1. The second kappa shape index (κ2) is 8.39. The van der Waals surface area contributed by atoms with Crippen LogP contribution in [0.15, 0.2) is 40.3 Å². The molecule has 8 heteroatoms. The van der Waals surface area contributed by atoms with E-state index in [4.69, 9.17) is 4.42 Å². The summed E-state index contributed by atoms with van der Waals surface area (Å²) >= 11 is 1.64. The van der Waals surface area contributed by atoms with Crippen LogP contribution < -0.4 is 5.32 Å². The van der Waals surface area contributed by atoms with Crippen LogP contribution in [-0.2, 0) is 32.6 Å². The summed E-state index contributed by atoms with van der Waals surface area (Å²) in [5.41, 5.74) is 0. The minimum atomic E-state index is -0.134. The molecule has 0 radical (unpaired) electrons. The third-order valence-electron chi connectivity index (χ3n) is 4.72. The highest BCUT2D eigenvalue weighted by atomic mass is 32.1. The van der Waals surface area contributed by atoms with Crippen molar-refractivity contribution in [3.63, 3.8) is 0 Å². The maximum absolute atomic E-state index is 12.8. The maximum Gasteiger partial charge on any atom is 0.318 e. The van der Waals surface area contributed by atoms with Gasteiger partial charge in [0.2, 0.25) is 0 Å². The van der Waals surface area contributed by atoms with E-state index in [1.165, 1.54) is 6.42 Å². The second-order valence-electron chi connectivity index (χ2n) is 6.67. The highest BCUT2D eigenvalue weighted by Crippen LogP contribution is 2.16. The minimum Gasteiger partial charge on any atom is -0.467 e. The van der Waals surface area contributed by atoms with Gasteiger partial charge in [0, 0.05) is 17.8 Å². The normalized spacial score (nSPS) is 13.8. The van der Waals surface area contributed by atoms with E-state index in [1.807, 2.05) is 29.6 Å². The van der Waals surface area contributed by atoms with Crippen molar-refractivity contribution in [3.8, 4) is 0 Å². The molecule has 4 heterocycles. The van der Waals surface area contributed by atoms with Crippen LogP contribution in [0, 0.1) is 0 Å². The average molecular weight is 385 g/mol. The molecule has 0 spiro atoms. The number of hydrogen-bond acceptors (Lipinski definition) is 5. The van der Waals surface area contributed by atoms with E-state index in [1.54, 1.807) is 22.5 Å². The van der Waals surface area contributed by atoms with Gasteiger partial charge in [-0.3, -0.25) is 0 Å². The number of aromatic nitrogens is 3. The quantitative estimate of drug-likeness (QED) is 0.704. The topological polar surface area (TPSA) is 76.2 Å². The van der Waals surface area contributed by atoms with Gasteiger partial charge in [-0.2, -0.15) is 0 Å². The first-order valence-electron chi connectivity index (χ1n) is 9.28. The first-order valence-corrected chi connectivity index (χ1v) is 10.2. The smallest absolute Gasteiger partial charge is 0.318 e. The number of rotatable bonds is 6. The lowest BCUT2D eigenvalue weighted by Gasteiger charge is -2.21. The zero-order chi connectivity index (χ0) is 18.5. The van der Waals surface area contributed by atoms with Gasteiger partial charge in [-0.15, -0.1) is 21.5 Å². The Kier molecular flexibility index (Phi) is 5.53. The SMILES string of the molecule is O=C(NCc1nnc2n1CCCCC2)N(Cc1ccco1)Cc1cccs1. The Hall–Kier alpha value is -2.61. The van der Waals surface area contributed by atoms with Crippen LogP contribution >= 0.6 is 11.3 Å². The van der Waals surface area contributed by atoms with Gasteiger partial charge in [-0.1, -0.05) is 12.5 Å². The molecule has 0 fully saturated rings. The molecule has 1 N–H and O–H groups in total. The van der Waals surface area contributed by atoms with Gasteiger partial charge in [-0.05, 0) is 36.4 Å². The Balaban J connectivity index is 1.42. The fourth-order valence-corrected chi connectivity index (χ4v) is 4.04. The number of furan rings is 1. The molecule has 2 amide bonds. The van der Waals surface area contributed by atoms with Crippen LogP contribution in [0.2, 0.25) is 0 Å². The number of aryl methyl sites for hydroxylation is 1. The van der Waals surface area contributed by atoms with Crippen LogP contribution in [-0.4, -0.2) is 25.7 Å². The molecule has 0 aromatic carbocycles. The van der Waals surface area contributed by atoms with Crippen molar-refractivity contribution in [1.82, 2.24) is 25.0 Å². The van der Waals surface area contributed by atoms with E-state index in [0.717, 1.165) is 48.1 Å². The summed E-state index contributed by atoms with van der Waals surface area (Å²) in [4.78, 5) is 15.7. The number of amides is 2. The first kappa shape index (κ1) is 17.8. The van der Waals surface area contributed by atoms with Gasteiger partial charge in [0.15, 0.2) is 5.82 Å². The monoisotopic (exact) mass is 385 g/mol. The van der Waals surface area contributed by atoms with E-state index in [0.29, 0.717) is 19.6 Å². The molecule has 0 bridgehead atoms. The summed E-state index contributed by atoms with van der Waals surface area (Å²) in [5.74, 6) is 2.62. The molecule has 0 aliphatic carbocycles. The molecule has 0 saturated heterocycles. The molecule has 0 unspecified atom stereocenters. The van der Waals surface area contributed by atoms with Crippen molar-refractivity contribution in [3.05, 3.63) is 58.2 Å². The highest BCUT2D eigenvalue weighted by molar-refractivity contribution is 7.09. The molecular weight excluding hydrogens is 362 g/mol. The van der Waals surface area contributed by atoms with E-state index in [-0.39, 0.29) is 6.03 Å². The largest absolute Gasteiger partial charge is 0.467 e. The Bertz CT molecular complexity index is 821. The summed E-state index contributed by atoms with van der Waals surface area (Å²) in [6.45, 7) is 2.28. The van der Waals surface area contributed by atoms with E-state index < -0.39 is 0 Å². The lowest BCUT2D eigenvalue weighted by Crippen LogP contribution is -2.39. The van der Waals surface area contributed by atoms with Crippen molar-refractivity contribution in [2.75, 3.05) is 0 Å². The number of thiophene rings is 1. The van der Waals surface area contributed by atoms with Crippen molar-refractivity contribution in [1.29, 1.82) is 0 Å². The van der Waals surface area contributed by atoms with Crippen molar-refractivity contribution in [2.24, 2.45) is 0 Å². The van der Waals surface area contributed by atoms with E-state index in [9.17, 15) is 4.79 Å². The Morgan fingerprint density at radius 3 is 3.00 bits per heavy atom. The number of nitrogens with zero attached hydrogens (tertiary/aromatic N) is 4. The Labute approximate surface area is 162 Å². The lowest BCUT2D eigenvalue weighted by atomic mass is 10.2. The van der Waals surface area contributed by atoms with Crippen LogP contribution in [0.3, 0.4) is 0 Å². The van der Waals surface area contributed by atoms with Crippen LogP contribution in [0.4, 0.5) is 4.79 Å². The number of carbonyl (C=O) groups excluding carboxylic acids is 1. The minimum absolute atomic E-state index is 0.134. The molecule has 1 aliphatic heterocycles. The van der Waals surface area contributed by atoms with Crippen molar-refractivity contribution >= 4 is 17.4 Å². The predicted molar refractivity (Wildman–Crippen MR) is 102 cm³/mol. The third-order valence-corrected chi connectivity index (χ3v) is 5.59. The van der Waals surface area contributed by atoms with Gasteiger partial charge < -0.3 is 19.2 Å². The van der Waals surface area contributed by atoms with Gasteiger partial charge >= 0.3 is 6.03 Å². The first-order chi connectivity index (χ1) is 13.3.